The summed E-state index contributed by atoms with van der Waals surface area (Å²) in [5, 5.41) is 3.43. The Morgan fingerprint density at radius 3 is 2.47 bits per heavy atom. The topological polar surface area (TPSA) is 29.1 Å². The smallest absolute Gasteiger partial charge is 0.131 e. The van der Waals surface area contributed by atoms with Crippen LogP contribution in [0, 0.1) is 5.92 Å². The van der Waals surface area contributed by atoms with Gasteiger partial charge in [-0.05, 0) is 19.1 Å². The minimum atomic E-state index is 0.143. The second-order valence-electron chi connectivity index (χ2n) is 4.37. The fourth-order valence-corrected chi connectivity index (χ4v) is 2.06. The number of carbonyl (C=O) groups excluding carboxylic acids is 1. The van der Waals surface area contributed by atoms with E-state index >= 15 is 0 Å². The molecule has 2 nitrogen and oxygen atoms in total. The summed E-state index contributed by atoms with van der Waals surface area (Å²) in [6, 6.07) is 10.2. The number of allylic oxidation sites excluding steroid dienone is 2. The highest BCUT2D eigenvalue weighted by Crippen LogP contribution is 2.21. The van der Waals surface area contributed by atoms with Crippen LogP contribution < -0.4 is 5.32 Å². The lowest BCUT2D eigenvalue weighted by atomic mass is 9.96. The first kappa shape index (κ1) is 11.6. The highest BCUT2D eigenvalue weighted by atomic mass is 16.1. The van der Waals surface area contributed by atoms with E-state index < -0.39 is 0 Å². The molecule has 1 N–H and O–H groups in total. The molecule has 0 aliphatic heterocycles. The number of ketones is 1. The molecule has 88 valence electrons. The van der Waals surface area contributed by atoms with E-state index in [1.54, 1.807) is 6.92 Å². The maximum absolute atomic E-state index is 11.3. The van der Waals surface area contributed by atoms with E-state index in [2.05, 4.69) is 17.5 Å². The molecule has 0 fully saturated rings. The van der Waals surface area contributed by atoms with Crippen molar-refractivity contribution in [3.63, 3.8) is 0 Å². The summed E-state index contributed by atoms with van der Waals surface area (Å²) in [4.78, 5) is 11.3. The third-order valence-electron chi connectivity index (χ3n) is 2.88. The summed E-state index contributed by atoms with van der Waals surface area (Å²) < 4.78 is 0. The van der Waals surface area contributed by atoms with Crippen LogP contribution in [0.4, 0.5) is 5.69 Å². The van der Waals surface area contributed by atoms with Gasteiger partial charge < -0.3 is 5.32 Å². The zero-order valence-electron chi connectivity index (χ0n) is 9.97. The number of carbonyl (C=O) groups is 1. The highest BCUT2D eigenvalue weighted by molar-refractivity contribution is 5.76. The van der Waals surface area contributed by atoms with Crippen molar-refractivity contribution in [1.29, 1.82) is 0 Å². The van der Waals surface area contributed by atoms with Gasteiger partial charge in [-0.15, -0.1) is 0 Å². The van der Waals surface area contributed by atoms with E-state index in [1.165, 1.54) is 0 Å². The van der Waals surface area contributed by atoms with Crippen LogP contribution in [0.1, 0.15) is 13.3 Å². The molecule has 0 amide bonds. The van der Waals surface area contributed by atoms with E-state index in [9.17, 15) is 4.79 Å². The molecule has 0 heterocycles. The van der Waals surface area contributed by atoms with Gasteiger partial charge in [0.2, 0.25) is 0 Å². The average Bonchev–Trinajstić information content (AvgIpc) is 2.82. The van der Waals surface area contributed by atoms with Crippen LogP contribution in [0.2, 0.25) is 0 Å². The lowest BCUT2D eigenvalue weighted by Crippen LogP contribution is -2.28. The molecular formula is C15H17NO. The second-order valence-corrected chi connectivity index (χ2v) is 4.37. The van der Waals surface area contributed by atoms with E-state index in [1.807, 2.05) is 42.5 Å². The Morgan fingerprint density at radius 2 is 1.88 bits per heavy atom. The van der Waals surface area contributed by atoms with Crippen molar-refractivity contribution in [2.45, 2.75) is 19.4 Å². The van der Waals surface area contributed by atoms with Gasteiger partial charge >= 0.3 is 0 Å². The van der Waals surface area contributed by atoms with E-state index in [-0.39, 0.29) is 11.8 Å². The number of anilines is 1. The number of benzene rings is 1. The van der Waals surface area contributed by atoms with E-state index in [4.69, 9.17) is 0 Å². The first-order valence-electron chi connectivity index (χ1n) is 5.92. The van der Waals surface area contributed by atoms with Crippen LogP contribution in [0.5, 0.6) is 0 Å². The Hall–Kier alpha value is -1.83. The van der Waals surface area contributed by atoms with Gasteiger partial charge in [0.15, 0.2) is 0 Å². The van der Waals surface area contributed by atoms with Crippen molar-refractivity contribution >= 4 is 11.5 Å². The van der Waals surface area contributed by atoms with Gasteiger partial charge in [-0.25, -0.2) is 0 Å². The normalized spacial score (nSPS) is 16.1. The van der Waals surface area contributed by atoms with Gasteiger partial charge in [-0.2, -0.15) is 0 Å². The summed E-state index contributed by atoms with van der Waals surface area (Å²) in [5.41, 5.74) is 1.06. The molecule has 0 spiro atoms. The zero-order valence-corrected chi connectivity index (χ0v) is 9.97. The third kappa shape index (κ3) is 3.31. The Labute approximate surface area is 102 Å². The lowest BCUT2D eigenvalue weighted by Gasteiger charge is -2.22. The predicted octanol–water partition coefficient (Wildman–Crippen LogP) is 3.19. The second kappa shape index (κ2) is 5.48. The molecular weight excluding hydrogens is 210 g/mol. The van der Waals surface area contributed by atoms with Gasteiger partial charge in [-0.3, -0.25) is 4.79 Å². The first-order chi connectivity index (χ1) is 8.25. The number of rotatable bonds is 5. The van der Waals surface area contributed by atoms with Crippen molar-refractivity contribution in [1.82, 2.24) is 0 Å². The molecule has 0 unspecified atom stereocenters. The molecule has 1 aliphatic carbocycles. The summed E-state index contributed by atoms with van der Waals surface area (Å²) in [6.45, 7) is 1.64. The highest BCUT2D eigenvalue weighted by Gasteiger charge is 2.19. The fraction of sp³-hybridized carbons (Fsp3) is 0.267. The van der Waals surface area contributed by atoms with Crippen LogP contribution in [0.25, 0.3) is 0 Å². The molecule has 2 heteroatoms. The summed E-state index contributed by atoms with van der Waals surface area (Å²) in [6.07, 6.45) is 8.87. The van der Waals surface area contributed by atoms with Crippen molar-refractivity contribution in [2.24, 2.45) is 5.92 Å². The molecule has 0 bridgehead atoms. The van der Waals surface area contributed by atoms with Gasteiger partial charge in [-0.1, -0.05) is 42.5 Å². The summed E-state index contributed by atoms with van der Waals surface area (Å²) in [7, 11) is 0. The molecule has 2 rings (SSSR count). The SMILES string of the molecule is CC(=O)C[C@H](Nc1ccccc1)C1C=CC=C1. The zero-order chi connectivity index (χ0) is 12.1. The van der Waals surface area contributed by atoms with Gasteiger partial charge in [0.25, 0.3) is 0 Å². The van der Waals surface area contributed by atoms with Crippen LogP contribution in [0.15, 0.2) is 54.6 Å². The van der Waals surface area contributed by atoms with Crippen LogP contribution in [0.3, 0.4) is 0 Å². The molecule has 0 aromatic heterocycles. The number of hydrogen-bond donors (Lipinski definition) is 1. The Morgan fingerprint density at radius 1 is 1.24 bits per heavy atom. The average molecular weight is 227 g/mol. The molecule has 1 atom stereocenters. The Bertz CT molecular complexity index is 421. The van der Waals surface area contributed by atoms with Gasteiger partial charge in [0.05, 0.1) is 0 Å². The van der Waals surface area contributed by atoms with Crippen molar-refractivity contribution < 1.29 is 4.79 Å². The van der Waals surface area contributed by atoms with E-state index in [0.717, 1.165) is 5.69 Å². The minimum Gasteiger partial charge on any atom is -0.381 e. The van der Waals surface area contributed by atoms with Crippen molar-refractivity contribution in [3.8, 4) is 0 Å². The molecule has 1 aromatic rings. The summed E-state index contributed by atoms with van der Waals surface area (Å²) in [5.74, 6) is 0.520. The standard InChI is InChI=1S/C15H17NO/c1-12(17)11-15(13-7-5-6-8-13)16-14-9-3-2-4-10-14/h2-10,13,15-16H,11H2,1H3/t15-/m0/s1. The monoisotopic (exact) mass is 227 g/mol. The molecule has 17 heavy (non-hydrogen) atoms. The molecule has 0 radical (unpaired) electrons. The first-order valence-corrected chi connectivity index (χ1v) is 5.92. The van der Waals surface area contributed by atoms with Gasteiger partial charge in [0, 0.05) is 24.1 Å². The maximum Gasteiger partial charge on any atom is 0.131 e. The van der Waals surface area contributed by atoms with E-state index in [0.29, 0.717) is 12.3 Å². The van der Waals surface area contributed by atoms with Crippen LogP contribution in [-0.2, 0) is 4.79 Å². The van der Waals surface area contributed by atoms with Crippen LogP contribution in [-0.4, -0.2) is 11.8 Å². The fourth-order valence-electron chi connectivity index (χ4n) is 2.06. The third-order valence-corrected chi connectivity index (χ3v) is 2.88. The molecule has 1 aliphatic rings. The number of nitrogens with one attached hydrogen (secondary N) is 1. The number of para-hydroxylation sites is 1. The Kier molecular flexibility index (Phi) is 3.76. The van der Waals surface area contributed by atoms with Crippen molar-refractivity contribution in [2.75, 3.05) is 5.32 Å². The predicted molar refractivity (Wildman–Crippen MR) is 70.9 cm³/mol. The molecule has 1 aromatic carbocycles. The maximum atomic E-state index is 11.3. The number of Topliss-reactive ketones (excluding diaryl/α,β-unsaturated/α-hetero) is 1. The largest absolute Gasteiger partial charge is 0.381 e. The molecule has 0 saturated heterocycles. The lowest BCUT2D eigenvalue weighted by molar-refractivity contribution is -0.117. The van der Waals surface area contributed by atoms with Crippen molar-refractivity contribution in [3.05, 3.63) is 54.6 Å². The minimum absolute atomic E-state index is 0.143. The Balaban J connectivity index is 2.08. The number of hydrogen-bond acceptors (Lipinski definition) is 2. The summed E-state index contributed by atoms with van der Waals surface area (Å²) >= 11 is 0. The van der Waals surface area contributed by atoms with Gasteiger partial charge in [0.1, 0.15) is 5.78 Å². The van der Waals surface area contributed by atoms with Crippen LogP contribution >= 0.6 is 0 Å². The quantitative estimate of drug-likeness (QED) is 0.837. The molecule has 0 saturated carbocycles.